The van der Waals surface area contributed by atoms with Crippen LogP contribution < -0.4 is 15.0 Å². The van der Waals surface area contributed by atoms with Crippen molar-refractivity contribution in [2.75, 3.05) is 43.5 Å². The predicted molar refractivity (Wildman–Crippen MR) is 131 cm³/mol. The molecule has 1 heterocycles. The second-order valence-electron chi connectivity index (χ2n) is 8.10. The minimum Gasteiger partial charge on any atom is -0.495 e. The van der Waals surface area contributed by atoms with Crippen LogP contribution in [-0.2, 0) is 4.79 Å². The van der Waals surface area contributed by atoms with Crippen LogP contribution in [0, 0.1) is 0 Å². The number of ketones is 1. The van der Waals surface area contributed by atoms with E-state index in [1.807, 2.05) is 55.5 Å². The Balaban J connectivity index is 1.41. The average molecular weight is 444 g/mol. The number of amides is 1. The van der Waals surface area contributed by atoms with Gasteiger partial charge in [0.2, 0.25) is 5.91 Å². The second-order valence-corrected chi connectivity index (χ2v) is 8.10. The van der Waals surface area contributed by atoms with Gasteiger partial charge in [-0.25, -0.2) is 0 Å². The molecule has 1 unspecified atom stereocenters. The lowest BCUT2D eigenvalue weighted by atomic mass is 10.0. The fourth-order valence-corrected chi connectivity index (χ4v) is 4.18. The van der Waals surface area contributed by atoms with Gasteiger partial charge in [-0.2, -0.15) is 0 Å². The molecule has 0 radical (unpaired) electrons. The van der Waals surface area contributed by atoms with E-state index in [2.05, 4.69) is 21.2 Å². The average Bonchev–Trinajstić information content (AvgIpc) is 2.88. The summed E-state index contributed by atoms with van der Waals surface area (Å²) in [5.74, 6) is 0.634. The number of para-hydroxylation sites is 3. The maximum Gasteiger partial charge on any atom is 0.241 e. The van der Waals surface area contributed by atoms with Gasteiger partial charge in [-0.15, -0.1) is 0 Å². The van der Waals surface area contributed by atoms with Gasteiger partial charge in [-0.3, -0.25) is 14.5 Å². The van der Waals surface area contributed by atoms with E-state index in [4.69, 9.17) is 4.74 Å². The van der Waals surface area contributed by atoms with Gasteiger partial charge in [0, 0.05) is 37.3 Å². The van der Waals surface area contributed by atoms with E-state index in [1.165, 1.54) is 0 Å². The molecular weight excluding hydrogens is 414 g/mol. The topological polar surface area (TPSA) is 61.9 Å². The normalized spacial score (nSPS) is 15.0. The molecule has 3 aromatic carbocycles. The summed E-state index contributed by atoms with van der Waals surface area (Å²) in [6.45, 7) is 5.05. The number of methoxy groups -OCH3 is 1. The van der Waals surface area contributed by atoms with Crippen LogP contribution in [0.3, 0.4) is 0 Å². The number of carbonyl (C=O) groups excluding carboxylic acids is 2. The van der Waals surface area contributed by atoms with E-state index in [0.29, 0.717) is 16.8 Å². The molecule has 6 heteroatoms. The van der Waals surface area contributed by atoms with Crippen LogP contribution in [-0.4, -0.2) is 55.9 Å². The van der Waals surface area contributed by atoms with Crippen LogP contribution in [0.5, 0.6) is 5.75 Å². The quantitative estimate of drug-likeness (QED) is 0.558. The number of hydrogen-bond acceptors (Lipinski definition) is 5. The van der Waals surface area contributed by atoms with Crippen molar-refractivity contribution in [1.29, 1.82) is 0 Å². The number of hydrogen-bond donors (Lipinski definition) is 1. The van der Waals surface area contributed by atoms with E-state index in [0.717, 1.165) is 37.6 Å². The molecule has 0 aromatic heterocycles. The van der Waals surface area contributed by atoms with Crippen molar-refractivity contribution in [3.8, 4) is 5.75 Å². The monoisotopic (exact) mass is 443 g/mol. The molecule has 1 aliphatic heterocycles. The number of carbonyl (C=O) groups is 2. The summed E-state index contributed by atoms with van der Waals surface area (Å²) >= 11 is 0. The van der Waals surface area contributed by atoms with Crippen LogP contribution in [0.4, 0.5) is 11.4 Å². The van der Waals surface area contributed by atoms with Crippen LogP contribution >= 0.6 is 0 Å². The fraction of sp³-hybridized carbons (Fsp3) is 0.259. The van der Waals surface area contributed by atoms with Gasteiger partial charge in [0.1, 0.15) is 5.75 Å². The van der Waals surface area contributed by atoms with Gasteiger partial charge in [-0.1, -0.05) is 54.6 Å². The third-order valence-corrected chi connectivity index (χ3v) is 6.13. The second kappa shape index (κ2) is 10.3. The first-order valence-corrected chi connectivity index (χ1v) is 11.2. The third-order valence-electron chi connectivity index (χ3n) is 6.13. The highest BCUT2D eigenvalue weighted by atomic mass is 16.5. The van der Waals surface area contributed by atoms with Gasteiger partial charge in [0.05, 0.1) is 24.5 Å². The number of rotatable bonds is 7. The van der Waals surface area contributed by atoms with Crippen molar-refractivity contribution < 1.29 is 14.3 Å². The molecule has 0 spiro atoms. The van der Waals surface area contributed by atoms with Gasteiger partial charge < -0.3 is 15.0 Å². The minimum absolute atomic E-state index is 0.107. The maximum absolute atomic E-state index is 13.1. The SMILES string of the molecule is COc1ccccc1N1CCN(C(C)C(=O)Nc2ccccc2C(=O)c2ccccc2)CC1. The molecule has 0 saturated carbocycles. The van der Waals surface area contributed by atoms with Crippen molar-refractivity contribution >= 4 is 23.1 Å². The van der Waals surface area contributed by atoms with E-state index < -0.39 is 0 Å². The van der Waals surface area contributed by atoms with Gasteiger partial charge in [0.15, 0.2) is 5.78 Å². The third kappa shape index (κ3) is 5.07. The van der Waals surface area contributed by atoms with E-state index >= 15 is 0 Å². The Bertz CT molecular complexity index is 1110. The zero-order valence-corrected chi connectivity index (χ0v) is 19.0. The smallest absolute Gasteiger partial charge is 0.241 e. The highest BCUT2D eigenvalue weighted by Crippen LogP contribution is 2.28. The lowest BCUT2D eigenvalue weighted by Crippen LogP contribution is -2.53. The molecule has 0 aliphatic carbocycles. The van der Waals surface area contributed by atoms with Crippen molar-refractivity contribution in [2.45, 2.75) is 13.0 Å². The van der Waals surface area contributed by atoms with Gasteiger partial charge in [-0.05, 0) is 31.2 Å². The number of piperazine rings is 1. The summed E-state index contributed by atoms with van der Waals surface area (Å²) in [7, 11) is 1.68. The highest BCUT2D eigenvalue weighted by Gasteiger charge is 2.27. The molecule has 4 rings (SSSR count). The molecule has 6 nitrogen and oxygen atoms in total. The fourth-order valence-electron chi connectivity index (χ4n) is 4.18. The number of anilines is 2. The first kappa shape index (κ1) is 22.6. The Labute approximate surface area is 194 Å². The summed E-state index contributed by atoms with van der Waals surface area (Å²) in [5.41, 5.74) is 2.70. The Morgan fingerprint density at radius 3 is 2.21 bits per heavy atom. The Hall–Kier alpha value is -3.64. The van der Waals surface area contributed by atoms with Crippen LogP contribution in [0.15, 0.2) is 78.9 Å². The summed E-state index contributed by atoms with van der Waals surface area (Å²) in [5, 5.41) is 2.98. The molecule has 1 amide bonds. The van der Waals surface area contributed by atoms with Crippen molar-refractivity contribution in [3.05, 3.63) is 90.0 Å². The molecule has 1 fully saturated rings. The molecule has 3 aromatic rings. The Kier molecular flexibility index (Phi) is 7.05. The summed E-state index contributed by atoms with van der Waals surface area (Å²) in [4.78, 5) is 30.5. The molecule has 1 saturated heterocycles. The summed E-state index contributed by atoms with van der Waals surface area (Å²) in [6, 6.07) is 24.0. The maximum atomic E-state index is 13.1. The van der Waals surface area contributed by atoms with Crippen LogP contribution in [0.25, 0.3) is 0 Å². The van der Waals surface area contributed by atoms with Crippen LogP contribution in [0.2, 0.25) is 0 Å². The first-order valence-electron chi connectivity index (χ1n) is 11.2. The first-order chi connectivity index (χ1) is 16.1. The van der Waals surface area contributed by atoms with Crippen molar-refractivity contribution in [1.82, 2.24) is 4.90 Å². The van der Waals surface area contributed by atoms with E-state index in [1.54, 1.807) is 31.4 Å². The Morgan fingerprint density at radius 2 is 1.48 bits per heavy atom. The number of benzene rings is 3. The summed E-state index contributed by atoms with van der Waals surface area (Å²) < 4.78 is 5.49. The zero-order valence-electron chi connectivity index (χ0n) is 19.0. The number of nitrogens with zero attached hydrogens (tertiary/aromatic N) is 2. The van der Waals surface area contributed by atoms with E-state index in [9.17, 15) is 9.59 Å². The molecular formula is C27H29N3O3. The lowest BCUT2D eigenvalue weighted by Gasteiger charge is -2.38. The zero-order chi connectivity index (χ0) is 23.2. The Morgan fingerprint density at radius 1 is 0.848 bits per heavy atom. The standard InChI is InChI=1S/C27H29N3O3/c1-20(29-16-18-30(19-17-29)24-14-8-9-15-25(24)33-2)27(32)28-23-13-7-6-12-22(23)26(31)21-10-4-3-5-11-21/h3-15,20H,16-19H2,1-2H3,(H,28,32). The molecule has 1 aliphatic rings. The predicted octanol–water partition coefficient (Wildman–Crippen LogP) is 4.08. The largest absolute Gasteiger partial charge is 0.495 e. The molecule has 1 N–H and O–H groups in total. The van der Waals surface area contributed by atoms with Crippen molar-refractivity contribution in [2.24, 2.45) is 0 Å². The minimum atomic E-state index is -0.315. The molecule has 0 bridgehead atoms. The number of nitrogens with one attached hydrogen (secondary N) is 1. The lowest BCUT2D eigenvalue weighted by molar-refractivity contribution is -0.120. The molecule has 1 atom stereocenters. The van der Waals surface area contributed by atoms with Crippen molar-refractivity contribution in [3.63, 3.8) is 0 Å². The van der Waals surface area contributed by atoms with Crippen LogP contribution in [0.1, 0.15) is 22.8 Å². The number of ether oxygens (including phenoxy) is 1. The highest BCUT2D eigenvalue weighted by molar-refractivity contribution is 6.14. The van der Waals surface area contributed by atoms with E-state index in [-0.39, 0.29) is 17.7 Å². The summed E-state index contributed by atoms with van der Waals surface area (Å²) in [6.07, 6.45) is 0. The molecule has 170 valence electrons. The van der Waals surface area contributed by atoms with Gasteiger partial charge in [0.25, 0.3) is 0 Å². The van der Waals surface area contributed by atoms with Gasteiger partial charge >= 0.3 is 0 Å². The molecule has 33 heavy (non-hydrogen) atoms.